The van der Waals surface area contributed by atoms with Crippen molar-refractivity contribution in [3.05, 3.63) is 0 Å². The molecule has 0 atom stereocenters. The van der Waals surface area contributed by atoms with Gasteiger partial charge in [-0.3, -0.25) is 0 Å². The Kier molecular flexibility index (Phi) is 12.4. The zero-order valence-corrected chi connectivity index (χ0v) is 24.3. The molecule has 0 aromatic heterocycles. The van der Waals surface area contributed by atoms with Crippen LogP contribution in [0.25, 0.3) is 0 Å². The predicted molar refractivity (Wildman–Crippen MR) is 98.1 cm³/mol. The van der Waals surface area contributed by atoms with Crippen molar-refractivity contribution in [1.29, 1.82) is 0 Å². The summed E-state index contributed by atoms with van der Waals surface area (Å²) < 4.78 is 344. The van der Waals surface area contributed by atoms with Gasteiger partial charge in [0, 0.05) is 0 Å². The molecule has 0 heterocycles. The first kappa shape index (κ1) is 44.9. The molecule has 0 aliphatic carbocycles. The van der Waals surface area contributed by atoms with Crippen molar-refractivity contribution in [2.45, 2.75) is 104 Å². The van der Waals surface area contributed by atoms with Crippen molar-refractivity contribution < 1.29 is 119 Å². The van der Waals surface area contributed by atoms with Gasteiger partial charge in [0.15, 0.2) is 0 Å². The summed E-state index contributed by atoms with van der Waals surface area (Å²) in [6.45, 7) is 0. The Balaban J connectivity index is 6.58. The standard InChI is InChI=1S/3C6H4F9.Sn.H/c3*1-2-3(7,8)4(9,10)5(11,12)6(13,14)15;;/h3*1-2H2;;. The molecule has 0 N–H and O–H groups in total. The van der Waals surface area contributed by atoms with Gasteiger partial charge < -0.3 is 0 Å². The molecule has 0 aromatic carbocycles. The van der Waals surface area contributed by atoms with Gasteiger partial charge in [0.1, 0.15) is 0 Å². The fraction of sp³-hybridized carbons (Fsp3) is 1.00. The van der Waals surface area contributed by atoms with Crippen LogP contribution in [0.2, 0.25) is 13.3 Å². The van der Waals surface area contributed by atoms with Crippen molar-refractivity contribution in [1.82, 2.24) is 0 Å². The molecule has 0 aliphatic rings. The Hall–Kier alpha value is -1.09. The summed E-state index contributed by atoms with van der Waals surface area (Å²) >= 11 is -5.97. The first-order valence-corrected chi connectivity index (χ1v) is 18.1. The van der Waals surface area contributed by atoms with Crippen LogP contribution in [0.1, 0.15) is 19.3 Å². The van der Waals surface area contributed by atoms with Crippen molar-refractivity contribution in [3.8, 4) is 0 Å². The van der Waals surface area contributed by atoms with E-state index in [4.69, 9.17) is 0 Å². The van der Waals surface area contributed by atoms with Crippen LogP contribution in [-0.4, -0.2) is 91.6 Å². The summed E-state index contributed by atoms with van der Waals surface area (Å²) in [4.78, 5) is 0. The summed E-state index contributed by atoms with van der Waals surface area (Å²) in [5, 5.41) is 0. The Labute approximate surface area is 243 Å². The Bertz CT molecular complexity index is 885. The van der Waals surface area contributed by atoms with Gasteiger partial charge in [-0.2, -0.15) is 0 Å². The molecular formula is C18H13F27Sn. The van der Waals surface area contributed by atoms with Gasteiger partial charge in [-0.1, -0.05) is 0 Å². The van der Waals surface area contributed by atoms with Gasteiger partial charge in [0.05, 0.1) is 0 Å². The van der Waals surface area contributed by atoms with Gasteiger partial charge in [0.25, 0.3) is 0 Å². The van der Waals surface area contributed by atoms with Crippen LogP contribution >= 0.6 is 0 Å². The fourth-order valence-corrected chi connectivity index (χ4v) is 12.4. The van der Waals surface area contributed by atoms with Crippen molar-refractivity contribution in [3.63, 3.8) is 0 Å². The third-order valence-electron chi connectivity index (χ3n) is 6.23. The van der Waals surface area contributed by atoms with Crippen LogP contribution in [0.3, 0.4) is 0 Å². The molecule has 0 fully saturated rings. The van der Waals surface area contributed by atoms with Gasteiger partial charge >= 0.3 is 243 Å². The first-order chi connectivity index (χ1) is 19.5. The van der Waals surface area contributed by atoms with Gasteiger partial charge in [0.2, 0.25) is 0 Å². The number of rotatable bonds is 15. The van der Waals surface area contributed by atoms with E-state index in [0.717, 1.165) is 0 Å². The predicted octanol–water partition coefficient (Wildman–Crippen LogP) is 10.8. The average Bonchev–Trinajstić information content (AvgIpc) is 2.80. The SMILES string of the molecule is FC(F)(F)C(F)(F)C(F)(F)C(F)(F)C[CH2][SnH]([CH2]CC(F)(F)C(F)(F)C(F)(F)C(F)(F)F)[CH2]CC(F)(F)C(F)(F)C(F)(F)C(F)(F)F. The summed E-state index contributed by atoms with van der Waals surface area (Å²) in [6.07, 6.45) is -32.1. The van der Waals surface area contributed by atoms with E-state index < -0.39 is 124 Å². The number of hydrogen-bond acceptors (Lipinski definition) is 0. The third-order valence-corrected chi connectivity index (χ3v) is 15.7. The topological polar surface area (TPSA) is 0 Å². The average molecular weight is 861 g/mol. The Morgan fingerprint density at radius 2 is 0.391 bits per heavy atom. The van der Waals surface area contributed by atoms with Gasteiger partial charge in [-0.25, -0.2) is 0 Å². The minimum atomic E-state index is -7.66. The maximum atomic E-state index is 13.8. The zero-order chi connectivity index (χ0) is 37.8. The van der Waals surface area contributed by atoms with Crippen LogP contribution < -0.4 is 0 Å². The van der Waals surface area contributed by atoms with E-state index in [-0.39, 0.29) is 0 Å². The molecule has 0 radical (unpaired) electrons. The number of alkyl halides is 27. The van der Waals surface area contributed by atoms with E-state index in [0.29, 0.717) is 0 Å². The molecule has 0 saturated carbocycles. The monoisotopic (exact) mass is 862 g/mol. The molecule has 0 amide bonds. The molecule has 0 spiro atoms. The third kappa shape index (κ3) is 7.86. The minimum absolute atomic E-state index is 2.37. The van der Waals surface area contributed by atoms with Crippen LogP contribution in [0.5, 0.6) is 0 Å². The van der Waals surface area contributed by atoms with E-state index in [2.05, 4.69) is 0 Å². The molecule has 0 bridgehead atoms. The maximum absolute atomic E-state index is 13.8. The normalized spacial score (nSPS) is 16.4. The van der Waals surface area contributed by atoms with E-state index in [9.17, 15) is 119 Å². The van der Waals surface area contributed by atoms with E-state index in [1.165, 1.54) is 0 Å². The summed E-state index contributed by atoms with van der Waals surface area (Å²) in [6, 6.07) is 0. The second-order valence-corrected chi connectivity index (χ2v) is 19.4. The molecule has 0 saturated heterocycles. The molecule has 46 heavy (non-hydrogen) atoms. The van der Waals surface area contributed by atoms with Crippen LogP contribution in [0, 0.1) is 0 Å². The second-order valence-electron chi connectivity index (χ2n) is 9.54. The van der Waals surface area contributed by atoms with Gasteiger partial charge in [-0.15, -0.1) is 0 Å². The molecule has 0 unspecified atom stereocenters. The molecule has 0 nitrogen and oxygen atoms in total. The molecule has 0 aromatic rings. The van der Waals surface area contributed by atoms with Crippen LogP contribution in [0.4, 0.5) is 119 Å². The van der Waals surface area contributed by atoms with Crippen molar-refractivity contribution >= 4 is 19.8 Å². The molecular weight excluding hydrogens is 848 g/mol. The second kappa shape index (κ2) is 12.7. The quantitative estimate of drug-likeness (QED) is 0.114. The number of halogens is 27. The van der Waals surface area contributed by atoms with E-state index in [1.807, 2.05) is 0 Å². The summed E-state index contributed by atoms with van der Waals surface area (Å²) in [5.41, 5.74) is 0. The first-order valence-electron chi connectivity index (χ1n) is 11.1. The fourth-order valence-electron chi connectivity index (χ4n) is 3.28. The van der Waals surface area contributed by atoms with Crippen molar-refractivity contribution in [2.24, 2.45) is 0 Å². The molecule has 0 rings (SSSR count). The Morgan fingerprint density at radius 3 is 0.522 bits per heavy atom. The summed E-state index contributed by atoms with van der Waals surface area (Å²) in [7, 11) is 0. The van der Waals surface area contributed by atoms with Gasteiger partial charge in [-0.05, 0) is 0 Å². The van der Waals surface area contributed by atoms with Crippen LogP contribution in [-0.2, 0) is 0 Å². The molecule has 28 heteroatoms. The van der Waals surface area contributed by atoms with Crippen LogP contribution in [0.15, 0.2) is 0 Å². The zero-order valence-electron chi connectivity index (χ0n) is 21.0. The Morgan fingerprint density at radius 1 is 0.239 bits per heavy atom. The summed E-state index contributed by atoms with van der Waals surface area (Å²) in [5.74, 6) is -65.7. The van der Waals surface area contributed by atoms with Crippen molar-refractivity contribution in [2.75, 3.05) is 0 Å². The van der Waals surface area contributed by atoms with E-state index >= 15 is 0 Å². The van der Waals surface area contributed by atoms with E-state index in [1.54, 1.807) is 0 Å². The number of hydrogen-bond donors (Lipinski definition) is 0. The molecule has 0 aliphatic heterocycles. The molecule has 278 valence electrons.